The van der Waals surface area contributed by atoms with Gasteiger partial charge in [-0.1, -0.05) is 17.3 Å². The highest BCUT2D eigenvalue weighted by Gasteiger charge is 2.14. The summed E-state index contributed by atoms with van der Waals surface area (Å²) in [5.74, 6) is 0.00776. The third kappa shape index (κ3) is 3.94. The average Bonchev–Trinajstić information content (AvgIpc) is 3.03. The summed E-state index contributed by atoms with van der Waals surface area (Å²) in [7, 11) is 0. The number of nitrogens with zero attached hydrogens (tertiary/aromatic N) is 2. The van der Waals surface area contributed by atoms with Crippen LogP contribution in [0.4, 0.5) is 11.5 Å². The van der Waals surface area contributed by atoms with Crippen LogP contribution in [0.2, 0.25) is 0 Å². The van der Waals surface area contributed by atoms with Crippen LogP contribution in [0.3, 0.4) is 0 Å². The van der Waals surface area contributed by atoms with Crippen LogP contribution >= 0.6 is 0 Å². The van der Waals surface area contributed by atoms with E-state index in [1.165, 1.54) is 6.07 Å². The number of hydrogen-bond acceptors (Lipinski definition) is 5. The Morgan fingerprint density at radius 3 is 2.19 bits per heavy atom. The van der Waals surface area contributed by atoms with Crippen molar-refractivity contribution in [2.24, 2.45) is 0 Å². The fourth-order valence-corrected chi connectivity index (χ4v) is 2.31. The predicted molar refractivity (Wildman–Crippen MR) is 97.3 cm³/mol. The Morgan fingerprint density at radius 1 is 0.885 bits per heavy atom. The van der Waals surface area contributed by atoms with Crippen LogP contribution in [-0.2, 0) is 0 Å². The minimum Gasteiger partial charge on any atom is -0.360 e. The molecule has 0 spiro atoms. The molecule has 26 heavy (non-hydrogen) atoms. The molecular weight excluding hydrogens is 332 g/mol. The second kappa shape index (κ2) is 7.18. The van der Waals surface area contributed by atoms with E-state index in [1.54, 1.807) is 25.1 Å². The molecule has 132 valence electrons. The van der Waals surface area contributed by atoms with Crippen LogP contribution in [-0.4, -0.2) is 22.0 Å². The maximum Gasteiger partial charge on any atom is 0.275 e. The summed E-state index contributed by atoms with van der Waals surface area (Å²) in [6, 6.07) is 11.9. The topological polar surface area (TPSA) is 97.1 Å². The van der Waals surface area contributed by atoms with Gasteiger partial charge in [0, 0.05) is 11.8 Å². The van der Waals surface area contributed by atoms with Crippen molar-refractivity contribution in [1.82, 2.24) is 10.1 Å². The van der Waals surface area contributed by atoms with Gasteiger partial charge in [-0.05, 0) is 56.2 Å². The van der Waals surface area contributed by atoms with E-state index >= 15 is 0 Å². The van der Waals surface area contributed by atoms with Gasteiger partial charge in [0.25, 0.3) is 11.8 Å². The zero-order chi connectivity index (χ0) is 18.7. The number of benzene rings is 1. The van der Waals surface area contributed by atoms with E-state index in [-0.39, 0.29) is 17.3 Å². The molecule has 0 atom stereocenters. The van der Waals surface area contributed by atoms with Gasteiger partial charge in [-0.25, -0.2) is 4.98 Å². The number of nitrogens with one attached hydrogen (secondary N) is 2. The van der Waals surface area contributed by atoms with Crippen LogP contribution in [0.15, 0.2) is 47.0 Å². The molecule has 0 aliphatic carbocycles. The zero-order valence-electron chi connectivity index (χ0n) is 14.7. The van der Waals surface area contributed by atoms with E-state index in [9.17, 15) is 9.59 Å². The molecule has 0 bridgehead atoms. The third-order valence-electron chi connectivity index (χ3n) is 3.85. The molecule has 0 fully saturated rings. The number of carbonyl (C=O) groups excluding carboxylic acids is 2. The van der Waals surface area contributed by atoms with Gasteiger partial charge in [0.2, 0.25) is 0 Å². The van der Waals surface area contributed by atoms with Gasteiger partial charge < -0.3 is 15.2 Å². The summed E-state index contributed by atoms with van der Waals surface area (Å²) in [6.45, 7) is 5.69. The molecule has 0 aliphatic rings. The van der Waals surface area contributed by atoms with Crippen molar-refractivity contribution >= 4 is 23.3 Å². The van der Waals surface area contributed by atoms with E-state index < -0.39 is 5.91 Å². The van der Waals surface area contributed by atoms with E-state index in [1.807, 2.05) is 32.0 Å². The molecule has 1 aromatic carbocycles. The zero-order valence-corrected chi connectivity index (χ0v) is 14.7. The number of hydrogen-bond donors (Lipinski definition) is 2. The van der Waals surface area contributed by atoms with Crippen molar-refractivity contribution in [3.8, 4) is 0 Å². The Labute approximate surface area is 150 Å². The molecule has 7 nitrogen and oxygen atoms in total. The fraction of sp³-hybridized carbons (Fsp3) is 0.158. The lowest BCUT2D eigenvalue weighted by atomic mass is 10.1. The molecule has 2 aromatic heterocycles. The normalized spacial score (nSPS) is 10.4. The molecule has 0 saturated carbocycles. The lowest BCUT2D eigenvalue weighted by Crippen LogP contribution is -2.18. The standard InChI is InChI=1S/C19H18N4O3/c1-11-7-8-14(9-12(11)2)20-18(24)15-5-4-6-16(21-15)19(25)22-17-10-13(3)26-23-17/h4-10H,1-3H3,(H,20,24)(H,22,23,25). The summed E-state index contributed by atoms with van der Waals surface area (Å²) in [6.07, 6.45) is 0. The summed E-state index contributed by atoms with van der Waals surface area (Å²) in [5, 5.41) is 9.05. The number of aryl methyl sites for hydroxylation is 3. The first-order chi connectivity index (χ1) is 12.4. The Bertz CT molecular complexity index is 978. The molecule has 0 aliphatic heterocycles. The SMILES string of the molecule is Cc1cc(NC(=O)c2cccc(C(=O)Nc3ccc(C)c(C)c3)n2)no1. The highest BCUT2D eigenvalue weighted by molar-refractivity contribution is 6.05. The molecule has 0 saturated heterocycles. The van der Waals surface area contributed by atoms with E-state index in [2.05, 4.69) is 20.8 Å². The molecule has 0 unspecified atom stereocenters. The van der Waals surface area contributed by atoms with Gasteiger partial charge >= 0.3 is 0 Å². The van der Waals surface area contributed by atoms with Crippen LogP contribution in [0.1, 0.15) is 37.9 Å². The highest BCUT2D eigenvalue weighted by atomic mass is 16.5. The molecule has 2 heterocycles. The molecule has 0 radical (unpaired) electrons. The molecular formula is C19H18N4O3. The van der Waals surface area contributed by atoms with E-state index in [0.717, 1.165) is 11.1 Å². The number of rotatable bonds is 4. The van der Waals surface area contributed by atoms with Crippen molar-refractivity contribution in [2.75, 3.05) is 10.6 Å². The third-order valence-corrected chi connectivity index (χ3v) is 3.85. The Morgan fingerprint density at radius 2 is 1.58 bits per heavy atom. The number of pyridine rings is 1. The van der Waals surface area contributed by atoms with Crippen molar-refractivity contribution in [3.05, 3.63) is 70.7 Å². The van der Waals surface area contributed by atoms with Gasteiger partial charge in [0.1, 0.15) is 17.1 Å². The minimum absolute atomic E-state index is 0.110. The smallest absolute Gasteiger partial charge is 0.275 e. The minimum atomic E-state index is -0.473. The summed E-state index contributed by atoms with van der Waals surface area (Å²) < 4.78 is 4.90. The predicted octanol–water partition coefficient (Wildman–Crippen LogP) is 3.50. The number of carbonyl (C=O) groups is 2. The number of amides is 2. The Hall–Kier alpha value is -3.48. The first-order valence-corrected chi connectivity index (χ1v) is 8.03. The lowest BCUT2D eigenvalue weighted by Gasteiger charge is -2.08. The van der Waals surface area contributed by atoms with Gasteiger partial charge in [0.15, 0.2) is 5.82 Å². The molecule has 7 heteroatoms. The maximum absolute atomic E-state index is 12.4. The number of anilines is 2. The van der Waals surface area contributed by atoms with Gasteiger partial charge in [0.05, 0.1) is 0 Å². The van der Waals surface area contributed by atoms with Crippen LogP contribution in [0.25, 0.3) is 0 Å². The molecule has 3 rings (SSSR count). The molecule has 3 aromatic rings. The first-order valence-electron chi connectivity index (χ1n) is 8.03. The molecule has 2 N–H and O–H groups in total. The van der Waals surface area contributed by atoms with Crippen LogP contribution in [0.5, 0.6) is 0 Å². The van der Waals surface area contributed by atoms with Gasteiger partial charge in [-0.15, -0.1) is 0 Å². The van der Waals surface area contributed by atoms with Crippen molar-refractivity contribution in [1.29, 1.82) is 0 Å². The largest absolute Gasteiger partial charge is 0.360 e. The fourth-order valence-electron chi connectivity index (χ4n) is 2.31. The van der Waals surface area contributed by atoms with Crippen LogP contribution < -0.4 is 10.6 Å². The van der Waals surface area contributed by atoms with E-state index in [4.69, 9.17) is 4.52 Å². The Kier molecular flexibility index (Phi) is 4.79. The van der Waals surface area contributed by atoms with Crippen molar-refractivity contribution in [3.63, 3.8) is 0 Å². The van der Waals surface area contributed by atoms with Gasteiger partial charge in [-0.3, -0.25) is 9.59 Å². The number of aromatic nitrogens is 2. The maximum atomic E-state index is 12.4. The van der Waals surface area contributed by atoms with E-state index in [0.29, 0.717) is 17.3 Å². The lowest BCUT2D eigenvalue weighted by molar-refractivity contribution is 0.101. The van der Waals surface area contributed by atoms with Gasteiger partial charge in [-0.2, -0.15) is 0 Å². The first kappa shape index (κ1) is 17.3. The second-order valence-electron chi connectivity index (χ2n) is 5.94. The quantitative estimate of drug-likeness (QED) is 0.750. The summed E-state index contributed by atoms with van der Waals surface area (Å²) >= 11 is 0. The summed E-state index contributed by atoms with van der Waals surface area (Å²) in [5.41, 5.74) is 3.15. The Balaban J connectivity index is 1.74. The summed E-state index contributed by atoms with van der Waals surface area (Å²) in [4.78, 5) is 28.8. The average molecular weight is 350 g/mol. The van der Waals surface area contributed by atoms with Crippen LogP contribution in [0, 0.1) is 20.8 Å². The van der Waals surface area contributed by atoms with Crippen molar-refractivity contribution < 1.29 is 14.1 Å². The molecule has 2 amide bonds. The van der Waals surface area contributed by atoms with Crippen molar-refractivity contribution in [2.45, 2.75) is 20.8 Å². The monoisotopic (exact) mass is 350 g/mol. The highest BCUT2D eigenvalue weighted by Crippen LogP contribution is 2.15. The second-order valence-corrected chi connectivity index (χ2v) is 5.94.